The van der Waals surface area contributed by atoms with Crippen LogP contribution < -0.4 is 0 Å². The van der Waals surface area contributed by atoms with E-state index in [0.717, 1.165) is 11.5 Å². The van der Waals surface area contributed by atoms with Gasteiger partial charge >= 0.3 is 5.97 Å². The van der Waals surface area contributed by atoms with Crippen molar-refractivity contribution in [2.24, 2.45) is 0 Å². The molecule has 2 rings (SSSR count). The molecule has 2 aromatic heterocycles. The fourth-order valence-corrected chi connectivity index (χ4v) is 2.17. The highest BCUT2D eigenvalue weighted by atomic mass is 32.2. The number of furan rings is 1. The highest BCUT2D eigenvalue weighted by molar-refractivity contribution is 7.97. The van der Waals surface area contributed by atoms with Crippen LogP contribution in [0.25, 0.3) is 0 Å². The third kappa shape index (κ3) is 4.44. The van der Waals surface area contributed by atoms with Crippen LogP contribution in [0.3, 0.4) is 0 Å². The van der Waals surface area contributed by atoms with E-state index in [0.29, 0.717) is 23.9 Å². The van der Waals surface area contributed by atoms with Crippen LogP contribution in [-0.4, -0.2) is 23.2 Å². The van der Waals surface area contributed by atoms with Gasteiger partial charge in [-0.1, -0.05) is 5.16 Å². The van der Waals surface area contributed by atoms with E-state index in [4.69, 9.17) is 8.94 Å². The molecule has 0 bridgehead atoms. The minimum atomic E-state index is -0.285. The van der Waals surface area contributed by atoms with Crippen LogP contribution in [0, 0.1) is 0 Å². The maximum absolute atomic E-state index is 11.0. The number of aryl methyl sites for hydroxylation is 1. The van der Waals surface area contributed by atoms with Gasteiger partial charge in [0.1, 0.15) is 5.76 Å². The number of ether oxygens (including phenoxy) is 1. The molecule has 0 fully saturated rings. The number of carbonyl (C=O) groups excluding carboxylic acids is 1. The van der Waals surface area contributed by atoms with E-state index in [1.807, 2.05) is 12.1 Å². The Labute approximate surface area is 114 Å². The lowest BCUT2D eigenvalue weighted by molar-refractivity contribution is -0.140. The molecule has 2 heterocycles. The van der Waals surface area contributed by atoms with Gasteiger partial charge in [-0.15, -0.1) is 11.8 Å². The number of esters is 1. The zero-order valence-corrected chi connectivity index (χ0v) is 11.3. The first-order valence-electron chi connectivity index (χ1n) is 5.76. The standard InChI is InChI=1S/C12H14N2O4S/c1-16-12(15)5-4-11-13-10(14-18-11)8-19-7-9-3-2-6-17-9/h2-3,6H,4-5,7-8H2,1H3. The average molecular weight is 282 g/mol. The number of methoxy groups -OCH3 is 1. The van der Waals surface area contributed by atoms with Crippen molar-refractivity contribution in [1.29, 1.82) is 0 Å². The summed E-state index contributed by atoms with van der Waals surface area (Å²) in [6.45, 7) is 0. The molecule has 0 aromatic carbocycles. The van der Waals surface area contributed by atoms with Crippen LogP contribution >= 0.6 is 11.8 Å². The summed E-state index contributed by atoms with van der Waals surface area (Å²) in [5.41, 5.74) is 0. The summed E-state index contributed by atoms with van der Waals surface area (Å²) in [6, 6.07) is 3.78. The van der Waals surface area contributed by atoms with Crippen molar-refractivity contribution in [3.8, 4) is 0 Å². The second kappa shape index (κ2) is 6.98. The first-order chi connectivity index (χ1) is 9.28. The molecule has 0 spiro atoms. The largest absolute Gasteiger partial charge is 0.469 e. The molecule has 0 amide bonds. The van der Waals surface area contributed by atoms with Crippen LogP contribution in [0.15, 0.2) is 27.3 Å². The van der Waals surface area contributed by atoms with Crippen LogP contribution in [0.4, 0.5) is 0 Å². The van der Waals surface area contributed by atoms with E-state index in [-0.39, 0.29) is 12.4 Å². The maximum atomic E-state index is 11.0. The van der Waals surface area contributed by atoms with Crippen LogP contribution in [-0.2, 0) is 27.5 Å². The van der Waals surface area contributed by atoms with Crippen LogP contribution in [0.2, 0.25) is 0 Å². The third-order valence-electron chi connectivity index (χ3n) is 2.34. The van der Waals surface area contributed by atoms with Crippen molar-refractivity contribution < 1.29 is 18.5 Å². The molecule has 0 N–H and O–H groups in total. The molecule has 0 aliphatic rings. The Bertz CT molecular complexity index is 510. The maximum Gasteiger partial charge on any atom is 0.306 e. The third-order valence-corrected chi connectivity index (χ3v) is 3.29. The molecule has 0 unspecified atom stereocenters. The zero-order chi connectivity index (χ0) is 13.5. The van der Waals surface area contributed by atoms with Gasteiger partial charge < -0.3 is 13.7 Å². The predicted molar refractivity (Wildman–Crippen MR) is 68.3 cm³/mol. The fourth-order valence-electron chi connectivity index (χ4n) is 1.40. The topological polar surface area (TPSA) is 78.4 Å². The normalized spacial score (nSPS) is 10.6. The number of carbonyl (C=O) groups is 1. The Morgan fingerprint density at radius 3 is 3.11 bits per heavy atom. The highest BCUT2D eigenvalue weighted by Crippen LogP contribution is 2.16. The van der Waals surface area contributed by atoms with Gasteiger partial charge in [-0.2, -0.15) is 4.98 Å². The second-order valence-corrected chi connectivity index (χ2v) is 4.74. The van der Waals surface area contributed by atoms with Crippen molar-refractivity contribution in [1.82, 2.24) is 10.1 Å². The first-order valence-corrected chi connectivity index (χ1v) is 6.92. The Kier molecular flexibility index (Phi) is 5.02. The second-order valence-electron chi connectivity index (χ2n) is 3.75. The summed E-state index contributed by atoms with van der Waals surface area (Å²) < 4.78 is 14.8. The van der Waals surface area contributed by atoms with Gasteiger partial charge in [0.2, 0.25) is 5.89 Å². The molecule has 102 valence electrons. The molecule has 0 atom stereocenters. The molecule has 7 heteroatoms. The number of nitrogens with zero attached hydrogens (tertiary/aromatic N) is 2. The van der Waals surface area contributed by atoms with Gasteiger partial charge in [-0.25, -0.2) is 0 Å². The lowest BCUT2D eigenvalue weighted by Gasteiger charge is -1.94. The Morgan fingerprint density at radius 2 is 2.37 bits per heavy atom. The fraction of sp³-hybridized carbons (Fsp3) is 0.417. The number of hydrogen-bond donors (Lipinski definition) is 0. The van der Waals surface area contributed by atoms with Gasteiger partial charge in [0.05, 0.1) is 31.3 Å². The molecule has 6 nitrogen and oxygen atoms in total. The quantitative estimate of drug-likeness (QED) is 0.720. The minimum absolute atomic E-state index is 0.248. The molecule has 0 saturated carbocycles. The monoisotopic (exact) mass is 282 g/mol. The molecular weight excluding hydrogens is 268 g/mol. The number of hydrogen-bond acceptors (Lipinski definition) is 7. The van der Waals surface area contributed by atoms with Crippen molar-refractivity contribution in [3.05, 3.63) is 35.9 Å². The van der Waals surface area contributed by atoms with E-state index < -0.39 is 0 Å². The lowest BCUT2D eigenvalue weighted by Crippen LogP contribution is -2.02. The average Bonchev–Trinajstić information content (AvgIpc) is 3.07. The summed E-state index contributed by atoms with van der Waals surface area (Å²) in [4.78, 5) is 15.2. The van der Waals surface area contributed by atoms with Gasteiger partial charge in [0.15, 0.2) is 5.82 Å². The van der Waals surface area contributed by atoms with Crippen LogP contribution in [0.1, 0.15) is 23.9 Å². The van der Waals surface area contributed by atoms with Gasteiger partial charge in [-0.05, 0) is 12.1 Å². The number of rotatable bonds is 7. The lowest BCUT2D eigenvalue weighted by atomic mass is 10.3. The van der Waals surface area contributed by atoms with Gasteiger partial charge in [0, 0.05) is 6.42 Å². The van der Waals surface area contributed by atoms with Crippen molar-refractivity contribution in [2.75, 3.05) is 7.11 Å². The summed E-state index contributed by atoms with van der Waals surface area (Å²) in [5, 5.41) is 3.85. The smallest absolute Gasteiger partial charge is 0.306 e. The number of thioether (sulfide) groups is 1. The van der Waals surface area contributed by atoms with E-state index in [1.165, 1.54) is 7.11 Å². The molecule has 0 saturated heterocycles. The van der Waals surface area contributed by atoms with Crippen LogP contribution in [0.5, 0.6) is 0 Å². The Balaban J connectivity index is 1.73. The van der Waals surface area contributed by atoms with E-state index in [9.17, 15) is 4.79 Å². The summed E-state index contributed by atoms with van der Waals surface area (Å²) in [6.07, 6.45) is 2.30. The zero-order valence-electron chi connectivity index (χ0n) is 10.5. The van der Waals surface area contributed by atoms with Crippen molar-refractivity contribution in [2.45, 2.75) is 24.3 Å². The molecule has 0 aliphatic heterocycles. The van der Waals surface area contributed by atoms with Gasteiger partial charge in [-0.3, -0.25) is 4.79 Å². The highest BCUT2D eigenvalue weighted by Gasteiger charge is 2.09. The van der Waals surface area contributed by atoms with Crippen molar-refractivity contribution in [3.63, 3.8) is 0 Å². The minimum Gasteiger partial charge on any atom is -0.469 e. The molecule has 2 aromatic rings. The van der Waals surface area contributed by atoms with E-state index in [1.54, 1.807) is 18.0 Å². The molecule has 0 aliphatic carbocycles. The summed E-state index contributed by atoms with van der Waals surface area (Å²) >= 11 is 1.64. The molecule has 0 radical (unpaired) electrons. The van der Waals surface area contributed by atoms with Crippen molar-refractivity contribution >= 4 is 17.7 Å². The number of aromatic nitrogens is 2. The van der Waals surface area contributed by atoms with E-state index in [2.05, 4.69) is 14.9 Å². The summed E-state index contributed by atoms with van der Waals surface area (Å²) in [7, 11) is 1.35. The van der Waals surface area contributed by atoms with E-state index >= 15 is 0 Å². The summed E-state index contributed by atoms with van der Waals surface area (Å²) in [5.74, 6) is 3.11. The predicted octanol–water partition coefficient (Wildman–Crippen LogP) is 2.20. The molecular formula is C12H14N2O4S. The molecule has 19 heavy (non-hydrogen) atoms. The Morgan fingerprint density at radius 1 is 1.47 bits per heavy atom. The van der Waals surface area contributed by atoms with Gasteiger partial charge in [0.25, 0.3) is 0 Å². The first kappa shape index (κ1) is 13.7. The SMILES string of the molecule is COC(=O)CCc1nc(CSCc2ccco2)no1. The Hall–Kier alpha value is -1.76.